The Labute approximate surface area is 232 Å². The fraction of sp³-hybridized carbons (Fsp3) is 0.133. The summed E-state index contributed by atoms with van der Waals surface area (Å²) in [7, 11) is 0. The molecule has 0 unspecified atom stereocenters. The molecule has 0 aliphatic heterocycles. The first-order valence-electron chi connectivity index (χ1n) is 12.3. The Bertz CT molecular complexity index is 1800. The van der Waals surface area contributed by atoms with Crippen LogP contribution < -0.4 is 15.6 Å². The molecule has 7 nitrogen and oxygen atoms in total. The Morgan fingerprint density at radius 2 is 1.85 bits per heavy atom. The molecule has 0 saturated heterocycles. The van der Waals surface area contributed by atoms with Gasteiger partial charge in [0, 0.05) is 16.0 Å². The largest absolute Gasteiger partial charge is 0.483 e. The molecule has 196 valence electrons. The second-order valence-corrected chi connectivity index (χ2v) is 10.1. The van der Waals surface area contributed by atoms with Gasteiger partial charge in [-0.25, -0.2) is 9.37 Å². The topological polar surface area (TPSA) is 85.6 Å². The predicted octanol–water partition coefficient (Wildman–Crippen LogP) is 6.47. The zero-order chi connectivity index (χ0) is 27.5. The number of fused-ring (bicyclic) bond motifs is 2. The lowest BCUT2D eigenvalue weighted by Gasteiger charge is -2.14. The van der Waals surface area contributed by atoms with Gasteiger partial charge in [-0.05, 0) is 47.2 Å². The number of nitrogens with one attached hydrogen (secondary N) is 1. The molecule has 1 N–H and O–H groups in total. The van der Waals surface area contributed by atoms with E-state index in [1.807, 2.05) is 50.2 Å². The zero-order valence-corrected chi connectivity index (χ0v) is 22.8. The maximum atomic E-state index is 13.9. The van der Waals surface area contributed by atoms with Crippen molar-refractivity contribution in [2.45, 2.75) is 19.8 Å². The molecule has 1 amide bonds. The van der Waals surface area contributed by atoms with E-state index in [1.54, 1.807) is 36.5 Å². The van der Waals surface area contributed by atoms with Crippen molar-refractivity contribution < 1.29 is 13.9 Å². The number of carbonyl (C=O) groups is 1. The maximum absolute atomic E-state index is 13.9. The number of carbonyl (C=O) groups excluding carboxylic acids is 1. The number of amides is 1. The highest BCUT2D eigenvalue weighted by Gasteiger charge is 2.15. The van der Waals surface area contributed by atoms with E-state index in [2.05, 4.69) is 26.3 Å². The van der Waals surface area contributed by atoms with E-state index >= 15 is 0 Å². The number of anilines is 1. The fourth-order valence-corrected chi connectivity index (χ4v) is 4.55. The van der Waals surface area contributed by atoms with Crippen molar-refractivity contribution in [3.8, 4) is 5.75 Å². The van der Waals surface area contributed by atoms with Crippen LogP contribution in [0.2, 0.25) is 0 Å². The zero-order valence-electron chi connectivity index (χ0n) is 21.2. The van der Waals surface area contributed by atoms with Crippen LogP contribution in [0.1, 0.15) is 31.2 Å². The average Bonchev–Trinajstić information content (AvgIpc) is 2.93. The lowest BCUT2D eigenvalue weighted by atomic mass is 10.0. The maximum Gasteiger partial charge on any atom is 0.282 e. The highest BCUT2D eigenvalue weighted by Crippen LogP contribution is 2.27. The number of hydrogen-bond donors (Lipinski definition) is 1. The third kappa shape index (κ3) is 5.58. The van der Waals surface area contributed by atoms with Crippen LogP contribution in [0.5, 0.6) is 5.75 Å². The molecule has 1 heterocycles. The van der Waals surface area contributed by atoms with Gasteiger partial charge < -0.3 is 10.1 Å². The molecule has 0 fully saturated rings. The number of nitrogens with zero attached hydrogens (tertiary/aromatic N) is 3. The normalized spacial score (nSPS) is 11.5. The number of aromatic nitrogens is 2. The van der Waals surface area contributed by atoms with Crippen molar-refractivity contribution in [3.05, 3.63) is 111 Å². The third-order valence-corrected chi connectivity index (χ3v) is 6.58. The molecule has 0 aliphatic carbocycles. The molecular weight excluding hydrogens is 563 g/mol. The highest BCUT2D eigenvalue weighted by molar-refractivity contribution is 9.10. The summed E-state index contributed by atoms with van der Waals surface area (Å²) in [4.78, 5) is 30.7. The summed E-state index contributed by atoms with van der Waals surface area (Å²) in [6.07, 6.45) is 1.55. The number of rotatable bonds is 7. The predicted molar refractivity (Wildman–Crippen MR) is 155 cm³/mol. The van der Waals surface area contributed by atoms with E-state index in [0.29, 0.717) is 28.0 Å². The minimum Gasteiger partial charge on any atom is -0.483 e. The summed E-state index contributed by atoms with van der Waals surface area (Å²) >= 11 is 3.42. The summed E-state index contributed by atoms with van der Waals surface area (Å²) in [5, 5.41) is 9.27. The van der Waals surface area contributed by atoms with Crippen LogP contribution >= 0.6 is 15.9 Å². The molecule has 39 heavy (non-hydrogen) atoms. The Morgan fingerprint density at radius 1 is 1.08 bits per heavy atom. The Morgan fingerprint density at radius 3 is 2.64 bits per heavy atom. The molecule has 0 spiro atoms. The fourth-order valence-electron chi connectivity index (χ4n) is 4.19. The molecule has 0 bridgehead atoms. The monoisotopic (exact) mass is 586 g/mol. The van der Waals surface area contributed by atoms with Crippen molar-refractivity contribution in [2.24, 2.45) is 5.10 Å². The van der Waals surface area contributed by atoms with Crippen LogP contribution in [0.25, 0.3) is 21.7 Å². The second-order valence-electron chi connectivity index (χ2n) is 9.16. The van der Waals surface area contributed by atoms with Gasteiger partial charge >= 0.3 is 0 Å². The van der Waals surface area contributed by atoms with Crippen molar-refractivity contribution in [1.82, 2.24) is 9.66 Å². The first kappa shape index (κ1) is 26.2. The first-order chi connectivity index (χ1) is 18.8. The van der Waals surface area contributed by atoms with Gasteiger partial charge in [0.15, 0.2) is 6.61 Å². The van der Waals surface area contributed by atoms with Gasteiger partial charge in [-0.15, -0.1) is 0 Å². The SMILES string of the molecule is CC(C)c1nc2ccc(Br)cc2c(=O)n1N=Cc1c(OCC(=O)Nc2ccccc2F)ccc2ccccc12. The van der Waals surface area contributed by atoms with E-state index in [4.69, 9.17) is 9.72 Å². The van der Waals surface area contributed by atoms with Gasteiger partial charge in [-0.3, -0.25) is 9.59 Å². The smallest absolute Gasteiger partial charge is 0.282 e. The number of benzene rings is 4. The quantitative estimate of drug-likeness (QED) is 0.221. The number of ether oxygens (including phenoxy) is 1. The van der Waals surface area contributed by atoms with Crippen LogP contribution in [0.4, 0.5) is 10.1 Å². The number of hydrogen-bond acceptors (Lipinski definition) is 5. The van der Waals surface area contributed by atoms with E-state index in [-0.39, 0.29) is 23.8 Å². The van der Waals surface area contributed by atoms with Crippen molar-refractivity contribution in [2.75, 3.05) is 11.9 Å². The van der Waals surface area contributed by atoms with E-state index < -0.39 is 11.7 Å². The van der Waals surface area contributed by atoms with Gasteiger partial charge in [0.05, 0.1) is 22.8 Å². The van der Waals surface area contributed by atoms with E-state index in [1.165, 1.54) is 16.8 Å². The van der Waals surface area contributed by atoms with Crippen LogP contribution in [-0.4, -0.2) is 28.4 Å². The first-order valence-corrected chi connectivity index (χ1v) is 13.1. The van der Waals surface area contributed by atoms with Gasteiger partial charge in [0.2, 0.25) is 0 Å². The van der Waals surface area contributed by atoms with Gasteiger partial charge in [0.1, 0.15) is 17.4 Å². The van der Waals surface area contributed by atoms with Crippen LogP contribution in [0, 0.1) is 5.82 Å². The highest BCUT2D eigenvalue weighted by atomic mass is 79.9. The average molecular weight is 587 g/mol. The van der Waals surface area contributed by atoms with Crippen molar-refractivity contribution >= 4 is 55.4 Å². The Kier molecular flexibility index (Phi) is 7.51. The van der Waals surface area contributed by atoms with Gasteiger partial charge in [-0.1, -0.05) is 72.2 Å². The lowest BCUT2D eigenvalue weighted by molar-refractivity contribution is -0.118. The lowest BCUT2D eigenvalue weighted by Crippen LogP contribution is -2.23. The minimum absolute atomic E-state index is 0.0717. The number of halogens is 2. The molecular formula is C30H24BrFN4O3. The van der Waals surface area contributed by atoms with Crippen molar-refractivity contribution in [3.63, 3.8) is 0 Å². The summed E-state index contributed by atoms with van der Waals surface area (Å²) in [5.41, 5.74) is 0.951. The minimum atomic E-state index is -0.535. The molecule has 0 atom stereocenters. The number of para-hydroxylation sites is 1. The van der Waals surface area contributed by atoms with Gasteiger partial charge in [0.25, 0.3) is 11.5 Å². The third-order valence-electron chi connectivity index (χ3n) is 6.09. The molecule has 0 saturated carbocycles. The summed E-state index contributed by atoms with van der Waals surface area (Å²) in [6, 6.07) is 22.5. The molecule has 1 aromatic heterocycles. The van der Waals surface area contributed by atoms with Crippen molar-refractivity contribution in [1.29, 1.82) is 0 Å². The Hall–Kier alpha value is -4.37. The summed E-state index contributed by atoms with van der Waals surface area (Å²) in [5.74, 6) is -0.228. The van der Waals surface area contributed by atoms with Gasteiger partial charge in [-0.2, -0.15) is 9.78 Å². The second kappa shape index (κ2) is 11.2. The molecule has 5 aromatic rings. The summed E-state index contributed by atoms with van der Waals surface area (Å²) < 4.78 is 21.9. The van der Waals surface area contributed by atoms with Crippen LogP contribution in [0.3, 0.4) is 0 Å². The van der Waals surface area contributed by atoms with Crippen LogP contribution in [0.15, 0.2) is 93.2 Å². The standard InChI is InChI=1S/C30H24BrFN4O3/c1-18(2)29-35-25-13-12-20(31)15-22(25)30(38)36(29)33-16-23-21-8-4-3-7-19(21)11-14-27(23)39-17-28(37)34-26-10-6-5-9-24(26)32/h3-16,18H,17H2,1-2H3,(H,34,37). The molecule has 9 heteroatoms. The summed E-state index contributed by atoms with van der Waals surface area (Å²) in [6.45, 7) is 3.54. The van der Waals surface area contributed by atoms with Crippen LogP contribution in [-0.2, 0) is 4.79 Å². The molecule has 0 radical (unpaired) electrons. The molecule has 0 aliphatic rings. The molecule has 4 aromatic carbocycles. The van der Waals surface area contributed by atoms with E-state index in [9.17, 15) is 14.0 Å². The molecule has 5 rings (SSSR count). The Balaban J connectivity index is 1.53. The van der Waals surface area contributed by atoms with E-state index in [0.717, 1.165) is 15.2 Å².